The molecule has 140 valence electrons. The first kappa shape index (κ1) is 18.1. The van der Waals surface area contributed by atoms with Gasteiger partial charge in [0, 0.05) is 40.5 Å². The zero-order valence-electron chi connectivity index (χ0n) is 15.4. The third-order valence-electron chi connectivity index (χ3n) is 5.61. The topological polar surface area (TPSA) is 44.9 Å². The van der Waals surface area contributed by atoms with E-state index in [0.717, 1.165) is 34.9 Å². The van der Waals surface area contributed by atoms with Crippen molar-refractivity contribution in [2.24, 2.45) is 0 Å². The number of hydrogen-bond acceptors (Lipinski definition) is 1. The minimum absolute atomic E-state index is 0.0246. The van der Waals surface area contributed by atoms with Gasteiger partial charge in [0.25, 0.3) is 0 Å². The highest BCUT2D eigenvalue weighted by molar-refractivity contribution is 6.30. The molecule has 3 nitrogen and oxygen atoms in total. The molecule has 4 rings (SSSR count). The molecule has 0 aliphatic heterocycles. The molecule has 1 atom stereocenters. The predicted octanol–water partition coefficient (Wildman–Crippen LogP) is 5.79. The van der Waals surface area contributed by atoms with Gasteiger partial charge in [0.05, 0.1) is 0 Å². The van der Waals surface area contributed by atoms with Crippen LogP contribution in [0.25, 0.3) is 10.9 Å². The van der Waals surface area contributed by atoms with Gasteiger partial charge in [-0.2, -0.15) is 0 Å². The molecule has 1 saturated carbocycles. The molecule has 2 aromatic carbocycles. The minimum Gasteiger partial charge on any atom is -0.361 e. The molecule has 4 heteroatoms. The summed E-state index contributed by atoms with van der Waals surface area (Å²) in [6, 6.07) is 16.4. The summed E-state index contributed by atoms with van der Waals surface area (Å²) in [5.41, 5.74) is 3.31. The highest BCUT2D eigenvalue weighted by Crippen LogP contribution is 2.34. The van der Waals surface area contributed by atoms with Crippen LogP contribution in [-0.2, 0) is 4.79 Å². The summed E-state index contributed by atoms with van der Waals surface area (Å²) in [6.07, 6.45) is 8.37. The van der Waals surface area contributed by atoms with Crippen LogP contribution in [0, 0.1) is 0 Å². The largest absolute Gasteiger partial charge is 0.361 e. The molecule has 1 fully saturated rings. The van der Waals surface area contributed by atoms with Crippen molar-refractivity contribution in [3.05, 3.63) is 70.9 Å². The molecule has 0 radical (unpaired) electrons. The molecule has 2 N–H and O–H groups in total. The summed E-state index contributed by atoms with van der Waals surface area (Å²) >= 11 is 6.25. The van der Waals surface area contributed by atoms with Gasteiger partial charge in [-0.3, -0.25) is 4.79 Å². The van der Waals surface area contributed by atoms with Crippen LogP contribution in [0.1, 0.15) is 55.6 Å². The first-order valence-corrected chi connectivity index (χ1v) is 10.2. The Kier molecular flexibility index (Phi) is 5.49. The summed E-state index contributed by atoms with van der Waals surface area (Å²) in [5, 5.41) is 5.12. The van der Waals surface area contributed by atoms with E-state index in [0.29, 0.717) is 17.5 Å². The molecule has 1 unspecified atom stereocenters. The average Bonchev–Trinajstić information content (AvgIpc) is 3.11. The van der Waals surface area contributed by atoms with Crippen molar-refractivity contribution in [1.29, 1.82) is 0 Å². The van der Waals surface area contributed by atoms with Crippen molar-refractivity contribution in [3.8, 4) is 0 Å². The lowest BCUT2D eigenvalue weighted by molar-refractivity contribution is -0.122. The molecule has 0 bridgehead atoms. The van der Waals surface area contributed by atoms with E-state index in [4.69, 9.17) is 11.6 Å². The Morgan fingerprint density at radius 1 is 1.11 bits per heavy atom. The maximum Gasteiger partial charge on any atom is 0.221 e. The highest BCUT2D eigenvalue weighted by Gasteiger charge is 2.23. The number of benzene rings is 2. The maximum absolute atomic E-state index is 12.9. The van der Waals surface area contributed by atoms with E-state index in [-0.39, 0.29) is 11.8 Å². The third-order valence-corrected chi connectivity index (χ3v) is 5.84. The van der Waals surface area contributed by atoms with Crippen molar-refractivity contribution < 1.29 is 4.79 Å². The lowest BCUT2D eigenvalue weighted by Gasteiger charge is -2.24. The predicted molar refractivity (Wildman–Crippen MR) is 111 cm³/mol. The molecule has 27 heavy (non-hydrogen) atoms. The number of para-hydroxylation sites is 1. The van der Waals surface area contributed by atoms with Gasteiger partial charge in [-0.05, 0) is 42.2 Å². The highest BCUT2D eigenvalue weighted by atomic mass is 35.5. The number of rotatable bonds is 5. The number of carbonyl (C=O) groups excluding carboxylic acids is 1. The van der Waals surface area contributed by atoms with Crippen molar-refractivity contribution >= 4 is 28.4 Å². The van der Waals surface area contributed by atoms with E-state index < -0.39 is 0 Å². The molecular weight excluding hydrogens is 356 g/mol. The van der Waals surface area contributed by atoms with Crippen molar-refractivity contribution in [3.63, 3.8) is 0 Å². The van der Waals surface area contributed by atoms with E-state index in [1.54, 1.807) is 0 Å². The summed E-state index contributed by atoms with van der Waals surface area (Å²) < 4.78 is 0. The smallest absolute Gasteiger partial charge is 0.221 e. The Labute approximate surface area is 165 Å². The quantitative estimate of drug-likeness (QED) is 0.577. The second kappa shape index (κ2) is 8.18. The monoisotopic (exact) mass is 380 g/mol. The van der Waals surface area contributed by atoms with Crippen LogP contribution >= 0.6 is 11.6 Å². The Morgan fingerprint density at radius 2 is 1.93 bits per heavy atom. The number of amides is 1. The number of carbonyl (C=O) groups is 1. The molecular formula is C23H25ClN2O. The molecule has 1 aromatic heterocycles. The van der Waals surface area contributed by atoms with Gasteiger partial charge in [0.2, 0.25) is 5.91 Å². The Balaban J connectivity index is 1.63. The number of hydrogen-bond donors (Lipinski definition) is 2. The zero-order chi connectivity index (χ0) is 18.6. The summed E-state index contributed by atoms with van der Waals surface area (Å²) in [6.45, 7) is 0. The summed E-state index contributed by atoms with van der Waals surface area (Å²) in [7, 11) is 0. The fourth-order valence-corrected chi connectivity index (χ4v) is 4.43. The van der Waals surface area contributed by atoms with E-state index in [2.05, 4.69) is 28.5 Å². The number of aromatic amines is 1. The maximum atomic E-state index is 12.9. The van der Waals surface area contributed by atoms with Crippen molar-refractivity contribution in [2.75, 3.05) is 0 Å². The van der Waals surface area contributed by atoms with Crippen LogP contribution in [0.2, 0.25) is 5.02 Å². The van der Waals surface area contributed by atoms with Crippen LogP contribution in [-0.4, -0.2) is 16.9 Å². The standard InChI is InChI=1S/C23H25ClN2O/c24-17-8-6-7-16(13-17)20(14-23(27)26-18-9-2-1-3-10-18)21-15-25-22-12-5-4-11-19(21)22/h4-8,11-13,15,18,20,25H,1-3,9-10,14H2,(H,26,27). The van der Waals surface area contributed by atoms with Gasteiger partial charge >= 0.3 is 0 Å². The van der Waals surface area contributed by atoms with E-state index in [1.807, 2.05) is 36.5 Å². The second-order valence-electron chi connectivity index (χ2n) is 7.50. The second-order valence-corrected chi connectivity index (χ2v) is 7.94. The van der Waals surface area contributed by atoms with E-state index in [9.17, 15) is 4.79 Å². The number of nitrogens with one attached hydrogen (secondary N) is 2. The Hall–Kier alpha value is -2.26. The van der Waals surface area contributed by atoms with Crippen LogP contribution in [0.15, 0.2) is 54.7 Å². The van der Waals surface area contributed by atoms with Crippen LogP contribution in [0.3, 0.4) is 0 Å². The van der Waals surface area contributed by atoms with Gasteiger partial charge in [-0.1, -0.05) is 61.2 Å². The number of halogens is 1. The molecule has 3 aromatic rings. The van der Waals surface area contributed by atoms with Crippen molar-refractivity contribution in [2.45, 2.75) is 50.5 Å². The van der Waals surface area contributed by atoms with Crippen LogP contribution in [0.4, 0.5) is 0 Å². The third kappa shape index (κ3) is 4.19. The molecule has 1 heterocycles. The summed E-state index contributed by atoms with van der Waals surface area (Å²) in [4.78, 5) is 16.2. The van der Waals surface area contributed by atoms with E-state index >= 15 is 0 Å². The first-order chi connectivity index (χ1) is 13.2. The molecule has 0 spiro atoms. The van der Waals surface area contributed by atoms with Gasteiger partial charge in [-0.25, -0.2) is 0 Å². The van der Waals surface area contributed by atoms with Crippen LogP contribution < -0.4 is 5.32 Å². The number of H-pyrrole nitrogens is 1. The van der Waals surface area contributed by atoms with E-state index in [1.165, 1.54) is 19.3 Å². The lowest BCUT2D eigenvalue weighted by Crippen LogP contribution is -2.36. The Bertz CT molecular complexity index is 927. The number of fused-ring (bicyclic) bond motifs is 1. The SMILES string of the molecule is O=C(CC(c1cccc(Cl)c1)c1c[nH]c2ccccc12)NC1CCCCC1. The zero-order valence-corrected chi connectivity index (χ0v) is 16.1. The van der Waals surface area contributed by atoms with Crippen LogP contribution in [0.5, 0.6) is 0 Å². The first-order valence-electron chi connectivity index (χ1n) is 9.81. The van der Waals surface area contributed by atoms with Gasteiger partial charge < -0.3 is 10.3 Å². The average molecular weight is 381 g/mol. The fraction of sp³-hybridized carbons (Fsp3) is 0.348. The fourth-order valence-electron chi connectivity index (χ4n) is 4.23. The molecule has 0 saturated heterocycles. The summed E-state index contributed by atoms with van der Waals surface area (Å²) in [5.74, 6) is 0.0978. The number of aromatic nitrogens is 1. The molecule has 1 amide bonds. The van der Waals surface area contributed by atoms with Gasteiger partial charge in [0.1, 0.15) is 0 Å². The Morgan fingerprint density at radius 3 is 2.74 bits per heavy atom. The van der Waals surface area contributed by atoms with Gasteiger partial charge in [-0.15, -0.1) is 0 Å². The molecule has 1 aliphatic rings. The lowest BCUT2D eigenvalue weighted by atomic mass is 9.87. The molecule has 1 aliphatic carbocycles. The van der Waals surface area contributed by atoms with Crippen molar-refractivity contribution in [1.82, 2.24) is 10.3 Å². The normalized spacial score (nSPS) is 16.3. The minimum atomic E-state index is -0.0246. The van der Waals surface area contributed by atoms with Gasteiger partial charge in [0.15, 0.2) is 0 Å².